The first-order chi connectivity index (χ1) is 22.0. The van der Waals surface area contributed by atoms with Crippen LogP contribution in [0, 0.1) is 29.0 Å². The van der Waals surface area contributed by atoms with Crippen molar-refractivity contribution in [3.63, 3.8) is 0 Å². The number of likely N-dealkylation sites (N-methyl/N-ethyl adjacent to an activating group) is 1. The first-order valence-electron chi connectivity index (χ1n) is 16.8. The van der Waals surface area contributed by atoms with Gasteiger partial charge in [-0.1, -0.05) is 26.8 Å². The van der Waals surface area contributed by atoms with E-state index in [0.29, 0.717) is 52.6 Å². The van der Waals surface area contributed by atoms with Gasteiger partial charge in [0.05, 0.1) is 30.4 Å². The standard InChI is InChI=1S/C36H50FN7O2/c1-24-30-19-26(36(30,2)3)20-32(24)40-35(43-17-15-42(16-18-43)14-13-41(4)5)39-27-8-10-29-33(21-27)38-23-44(34(29)45)12-11-25-7-9-28(46-6)22-31(25)37/h7-10,21-24,26,30,32H,11-20H2,1-6H3,(H,39,40)/t24-,26-,30+,32?/m0/s1. The van der Waals surface area contributed by atoms with Crippen LogP contribution >= 0.6 is 0 Å². The Balaban J connectivity index is 1.20. The van der Waals surface area contributed by atoms with Crippen molar-refractivity contribution in [1.82, 2.24) is 24.3 Å². The van der Waals surface area contributed by atoms with Crippen LogP contribution in [0.4, 0.5) is 10.1 Å². The fraction of sp³-hybridized carbons (Fsp3) is 0.583. The Morgan fingerprint density at radius 2 is 1.89 bits per heavy atom. The van der Waals surface area contributed by atoms with E-state index in [1.807, 2.05) is 18.2 Å². The number of piperazine rings is 1. The molecule has 1 aromatic heterocycles. The van der Waals surface area contributed by atoms with Gasteiger partial charge in [-0.15, -0.1) is 0 Å². The quantitative estimate of drug-likeness (QED) is 0.269. The molecule has 2 bridgehead atoms. The average molecular weight is 632 g/mol. The van der Waals surface area contributed by atoms with Crippen LogP contribution in [0.5, 0.6) is 5.75 Å². The second-order valence-corrected chi connectivity index (χ2v) is 14.4. The number of hydrogen-bond acceptors (Lipinski definition) is 6. The molecular weight excluding hydrogens is 581 g/mol. The van der Waals surface area contributed by atoms with Gasteiger partial charge in [0.15, 0.2) is 5.96 Å². The summed E-state index contributed by atoms with van der Waals surface area (Å²) in [5, 5.41) is 4.21. The molecule has 2 aromatic carbocycles. The predicted octanol–water partition coefficient (Wildman–Crippen LogP) is 4.80. The minimum Gasteiger partial charge on any atom is -0.497 e. The third kappa shape index (κ3) is 6.65. The molecule has 4 fully saturated rings. The smallest absolute Gasteiger partial charge is 0.261 e. The van der Waals surface area contributed by atoms with E-state index in [4.69, 9.17) is 9.73 Å². The molecule has 9 nitrogen and oxygen atoms in total. The van der Waals surface area contributed by atoms with Gasteiger partial charge in [0, 0.05) is 57.6 Å². The average Bonchev–Trinajstić information content (AvgIpc) is 3.04. The lowest BCUT2D eigenvalue weighted by atomic mass is 9.45. The number of anilines is 1. The minimum atomic E-state index is -0.340. The molecule has 46 heavy (non-hydrogen) atoms. The first kappa shape index (κ1) is 32.4. The van der Waals surface area contributed by atoms with Gasteiger partial charge in [-0.05, 0) is 86.4 Å². The van der Waals surface area contributed by atoms with E-state index in [1.54, 1.807) is 23.0 Å². The molecule has 0 radical (unpaired) electrons. The van der Waals surface area contributed by atoms with Gasteiger partial charge in [-0.3, -0.25) is 14.3 Å². The van der Waals surface area contributed by atoms with Gasteiger partial charge in [0.2, 0.25) is 0 Å². The predicted molar refractivity (Wildman–Crippen MR) is 183 cm³/mol. The number of halogens is 1. The molecule has 1 saturated heterocycles. The van der Waals surface area contributed by atoms with E-state index in [2.05, 4.69) is 59.9 Å². The summed E-state index contributed by atoms with van der Waals surface area (Å²) < 4.78 is 21.1. The SMILES string of the molecule is COc1ccc(CCn2cnc3cc(NC(=NC4C[C@@H]5C[C@H]([C@@H]4C)C5(C)C)N4CCN(CCN(C)C)CC4)ccc3c2=O)c(F)c1. The molecule has 1 aliphatic heterocycles. The summed E-state index contributed by atoms with van der Waals surface area (Å²) in [6.07, 6.45) is 4.41. The molecule has 3 aromatic rings. The summed E-state index contributed by atoms with van der Waals surface area (Å²) in [7, 11) is 5.76. The van der Waals surface area contributed by atoms with Gasteiger partial charge in [-0.25, -0.2) is 14.4 Å². The number of fused-ring (bicyclic) bond motifs is 3. The number of hydrogen-bond donors (Lipinski definition) is 1. The van der Waals surface area contributed by atoms with Crippen LogP contribution in [0.2, 0.25) is 0 Å². The van der Waals surface area contributed by atoms with Crippen LogP contribution in [-0.4, -0.2) is 96.7 Å². The lowest BCUT2D eigenvalue weighted by molar-refractivity contribution is -0.108. The zero-order chi connectivity index (χ0) is 32.6. The highest BCUT2D eigenvalue weighted by Gasteiger charge is 2.56. The number of benzene rings is 2. The minimum absolute atomic E-state index is 0.133. The van der Waals surface area contributed by atoms with Gasteiger partial charge in [-0.2, -0.15) is 0 Å². The van der Waals surface area contributed by atoms with Crippen molar-refractivity contribution < 1.29 is 9.13 Å². The zero-order valence-corrected chi connectivity index (χ0v) is 28.3. The van der Waals surface area contributed by atoms with Crippen molar-refractivity contribution >= 4 is 22.5 Å². The van der Waals surface area contributed by atoms with Crippen LogP contribution in [0.1, 0.15) is 39.2 Å². The third-order valence-electron chi connectivity index (χ3n) is 11.1. The molecule has 0 spiro atoms. The number of ether oxygens (including phenoxy) is 1. The number of rotatable bonds is 9. The maximum absolute atomic E-state index is 14.5. The van der Waals surface area contributed by atoms with E-state index in [1.165, 1.54) is 19.6 Å². The van der Waals surface area contributed by atoms with Gasteiger partial charge in [0.25, 0.3) is 5.56 Å². The number of guanidine groups is 1. The van der Waals surface area contributed by atoms with E-state index < -0.39 is 0 Å². The van der Waals surface area contributed by atoms with Gasteiger partial charge in [0.1, 0.15) is 11.6 Å². The Morgan fingerprint density at radius 3 is 2.57 bits per heavy atom. The number of nitrogens with zero attached hydrogens (tertiary/aromatic N) is 6. The van der Waals surface area contributed by atoms with Crippen molar-refractivity contribution in [1.29, 1.82) is 0 Å². The Morgan fingerprint density at radius 1 is 1.11 bits per heavy atom. The van der Waals surface area contributed by atoms with Crippen molar-refractivity contribution in [3.8, 4) is 5.75 Å². The molecule has 1 unspecified atom stereocenters. The molecule has 10 heteroatoms. The Labute approximate surface area is 272 Å². The zero-order valence-electron chi connectivity index (χ0n) is 28.3. The summed E-state index contributed by atoms with van der Waals surface area (Å²) in [5.74, 6) is 3.06. The van der Waals surface area contributed by atoms with Crippen LogP contribution in [0.15, 0.2) is 52.5 Å². The van der Waals surface area contributed by atoms with Crippen molar-refractivity contribution in [2.24, 2.45) is 28.2 Å². The highest BCUT2D eigenvalue weighted by atomic mass is 19.1. The van der Waals surface area contributed by atoms with Crippen LogP contribution in [0.25, 0.3) is 10.9 Å². The highest BCUT2D eigenvalue weighted by Crippen LogP contribution is 2.61. The van der Waals surface area contributed by atoms with E-state index >= 15 is 0 Å². The summed E-state index contributed by atoms with van der Waals surface area (Å²) in [5.41, 5.74) is 2.32. The Hall–Kier alpha value is -3.50. The Kier molecular flexibility index (Phi) is 9.39. The molecule has 4 aliphatic rings. The van der Waals surface area contributed by atoms with E-state index in [0.717, 1.165) is 69.2 Å². The van der Waals surface area contributed by atoms with E-state index in [9.17, 15) is 9.18 Å². The Bertz CT molecular complexity index is 1630. The molecule has 7 rings (SSSR count). The van der Waals surface area contributed by atoms with E-state index in [-0.39, 0.29) is 11.4 Å². The number of aryl methyl sites for hydroxylation is 2. The number of aliphatic imine (C=N–C) groups is 1. The summed E-state index contributed by atoms with van der Waals surface area (Å²) in [6.45, 7) is 13.6. The lowest BCUT2D eigenvalue weighted by Crippen LogP contribution is -2.57. The topological polar surface area (TPSA) is 78.2 Å². The van der Waals surface area contributed by atoms with Gasteiger partial charge >= 0.3 is 0 Å². The summed E-state index contributed by atoms with van der Waals surface area (Å²) in [6, 6.07) is 10.8. The fourth-order valence-electron chi connectivity index (χ4n) is 7.79. The number of methoxy groups -OCH3 is 1. The molecule has 2 heterocycles. The third-order valence-corrected chi connectivity index (χ3v) is 11.1. The molecule has 3 saturated carbocycles. The second kappa shape index (κ2) is 13.3. The number of aromatic nitrogens is 2. The molecular formula is C36H50FN7O2. The lowest BCUT2D eigenvalue weighted by Gasteiger charge is -2.61. The molecule has 0 amide bonds. The summed E-state index contributed by atoms with van der Waals surface area (Å²) >= 11 is 0. The van der Waals surface area contributed by atoms with Crippen LogP contribution in [0.3, 0.4) is 0 Å². The molecule has 248 valence electrons. The van der Waals surface area contributed by atoms with Gasteiger partial charge < -0.3 is 19.9 Å². The molecule has 4 atom stereocenters. The monoisotopic (exact) mass is 631 g/mol. The van der Waals surface area contributed by atoms with Crippen molar-refractivity contribution in [2.75, 3.05) is 65.8 Å². The molecule has 1 N–H and O–H groups in total. The van der Waals surface area contributed by atoms with Crippen molar-refractivity contribution in [3.05, 3.63) is 64.5 Å². The number of nitrogens with one attached hydrogen (secondary N) is 1. The normalized spacial score (nSPS) is 24.7. The first-order valence-corrected chi connectivity index (χ1v) is 16.8. The van der Waals surface area contributed by atoms with Crippen LogP contribution < -0.4 is 15.6 Å². The van der Waals surface area contributed by atoms with Crippen LogP contribution in [-0.2, 0) is 13.0 Å². The summed E-state index contributed by atoms with van der Waals surface area (Å²) in [4.78, 5) is 30.6. The maximum atomic E-state index is 14.5. The second-order valence-electron chi connectivity index (χ2n) is 14.4. The largest absolute Gasteiger partial charge is 0.497 e. The highest BCUT2D eigenvalue weighted by molar-refractivity contribution is 5.96. The fourth-order valence-corrected chi connectivity index (χ4v) is 7.79. The van der Waals surface area contributed by atoms with Crippen molar-refractivity contribution in [2.45, 2.75) is 52.6 Å². The maximum Gasteiger partial charge on any atom is 0.261 e. The molecule has 3 aliphatic carbocycles.